The molecule has 56 valence electrons. The number of hydrogen-bond donors (Lipinski definition) is 4. The first kappa shape index (κ1) is 16.5. The number of carbonyl (C=O) groups excluding carboxylic acids is 1. The first-order chi connectivity index (χ1) is 3.50. The minimum atomic E-state index is -3.10. The van der Waals surface area contributed by atoms with E-state index >= 15 is 0 Å². The van der Waals surface area contributed by atoms with Crippen LogP contribution in [0.15, 0.2) is 0 Å². The van der Waals surface area contributed by atoms with Crippen LogP contribution in [0.1, 0.15) is 0 Å². The van der Waals surface area contributed by atoms with Crippen LogP contribution in [0.25, 0.3) is 0 Å². The van der Waals surface area contributed by atoms with E-state index in [4.69, 9.17) is 15.3 Å². The fourth-order valence-electron chi connectivity index (χ4n) is 0.0645. The molecule has 0 aromatic rings. The molecule has 0 saturated carbocycles. The van der Waals surface area contributed by atoms with Gasteiger partial charge >= 0.3 is 21.7 Å². The van der Waals surface area contributed by atoms with Crippen molar-refractivity contribution >= 4 is 5.97 Å². The van der Waals surface area contributed by atoms with E-state index in [1.54, 1.807) is 0 Å². The van der Waals surface area contributed by atoms with Crippen molar-refractivity contribution in [3.05, 3.63) is 0 Å². The standard InChI is InChI=1S/C3H6O5.H3N.Ti/c4-1-3(7,8)2(5)6;;/h4,7-8H,1H2,(H,5,6);1H3;/q;;+4/p-1. The molecule has 0 atom stereocenters. The van der Waals surface area contributed by atoms with Gasteiger partial charge in [-0.15, -0.1) is 0 Å². The molecule has 0 radical (unpaired) electrons. The number of hydrogen-bond acceptors (Lipinski definition) is 6. The predicted molar refractivity (Wildman–Crippen MR) is 24.3 cm³/mol. The average molecular weight is 186 g/mol. The van der Waals surface area contributed by atoms with E-state index in [0.29, 0.717) is 0 Å². The Kier molecular flexibility index (Phi) is 9.57. The zero-order valence-electron chi connectivity index (χ0n) is 5.07. The van der Waals surface area contributed by atoms with Crippen molar-refractivity contribution in [1.82, 2.24) is 6.15 Å². The van der Waals surface area contributed by atoms with Gasteiger partial charge in [0.2, 0.25) is 5.79 Å². The van der Waals surface area contributed by atoms with Crippen LogP contribution in [0.4, 0.5) is 0 Å². The maximum Gasteiger partial charge on any atom is 4.00 e. The maximum absolute atomic E-state index is 9.48. The molecule has 0 fully saturated rings. The zero-order chi connectivity index (χ0) is 6.78. The Bertz CT molecular complexity index is 105. The average Bonchev–Trinajstić information content (AvgIpc) is 1.67. The quantitative estimate of drug-likeness (QED) is 0.261. The molecule has 0 aliphatic rings. The first-order valence-corrected chi connectivity index (χ1v) is 1.78. The first-order valence-electron chi connectivity index (χ1n) is 1.78. The van der Waals surface area contributed by atoms with E-state index in [1.165, 1.54) is 0 Å². The van der Waals surface area contributed by atoms with Gasteiger partial charge in [0.15, 0.2) is 0 Å². The molecule has 0 bridgehead atoms. The van der Waals surface area contributed by atoms with Gasteiger partial charge in [0.1, 0.15) is 12.6 Å². The second-order valence-corrected chi connectivity index (χ2v) is 1.26. The van der Waals surface area contributed by atoms with Gasteiger partial charge in [0, 0.05) is 0 Å². The number of aliphatic hydroxyl groups excluding tert-OH is 1. The molecular formula is C3H8NO5Ti+3. The Morgan fingerprint density at radius 2 is 1.80 bits per heavy atom. The van der Waals surface area contributed by atoms with Crippen LogP contribution in [0, 0.1) is 0 Å². The Labute approximate surface area is 71.9 Å². The van der Waals surface area contributed by atoms with Gasteiger partial charge < -0.3 is 31.4 Å². The van der Waals surface area contributed by atoms with Crippen LogP contribution in [0.3, 0.4) is 0 Å². The summed E-state index contributed by atoms with van der Waals surface area (Å²) < 4.78 is 0. The van der Waals surface area contributed by atoms with Gasteiger partial charge in [-0.2, -0.15) is 0 Å². The summed E-state index contributed by atoms with van der Waals surface area (Å²) in [6, 6.07) is 0. The smallest absolute Gasteiger partial charge is 0.544 e. The molecule has 0 saturated heterocycles. The Hall–Kier alpha value is 0.0243. The van der Waals surface area contributed by atoms with Crippen LogP contribution in [-0.2, 0) is 26.5 Å². The summed E-state index contributed by atoms with van der Waals surface area (Å²) >= 11 is 0. The van der Waals surface area contributed by atoms with Crippen molar-refractivity contribution in [2.75, 3.05) is 6.61 Å². The maximum atomic E-state index is 9.48. The molecule has 0 amide bonds. The van der Waals surface area contributed by atoms with Gasteiger partial charge in [-0.05, 0) is 0 Å². The normalized spacial score (nSPS) is 9.10. The molecule has 0 aromatic heterocycles. The van der Waals surface area contributed by atoms with Gasteiger partial charge in [-0.3, -0.25) is 0 Å². The Morgan fingerprint density at radius 3 is 1.80 bits per heavy atom. The third kappa shape index (κ3) is 4.86. The van der Waals surface area contributed by atoms with Crippen LogP contribution in [-0.4, -0.2) is 33.7 Å². The predicted octanol–water partition coefficient (Wildman–Crippen LogP) is -3.43. The molecule has 0 unspecified atom stereocenters. The van der Waals surface area contributed by atoms with E-state index in [-0.39, 0.29) is 27.9 Å². The van der Waals surface area contributed by atoms with Crippen LogP contribution in [0.5, 0.6) is 0 Å². The van der Waals surface area contributed by atoms with Crippen LogP contribution in [0.2, 0.25) is 0 Å². The summed E-state index contributed by atoms with van der Waals surface area (Å²) in [7, 11) is 0. The molecule has 0 aliphatic carbocycles. The summed E-state index contributed by atoms with van der Waals surface area (Å²) in [5.74, 6) is -5.21. The number of rotatable bonds is 2. The number of carboxylic acid groups (broad SMARTS) is 1. The molecule has 0 rings (SSSR count). The minimum absolute atomic E-state index is 0. The molecule has 0 heterocycles. The fourth-order valence-corrected chi connectivity index (χ4v) is 0.0645. The van der Waals surface area contributed by atoms with E-state index in [0.717, 1.165) is 0 Å². The second kappa shape index (κ2) is 5.78. The van der Waals surface area contributed by atoms with Crippen LogP contribution < -0.4 is 11.3 Å². The molecule has 6 nitrogen and oxygen atoms in total. The number of aliphatic hydroxyl groups is 3. The van der Waals surface area contributed by atoms with Crippen molar-refractivity contribution in [2.45, 2.75) is 5.79 Å². The monoisotopic (exact) mass is 186 g/mol. The van der Waals surface area contributed by atoms with E-state index in [2.05, 4.69) is 0 Å². The second-order valence-electron chi connectivity index (χ2n) is 1.26. The van der Waals surface area contributed by atoms with Crippen molar-refractivity contribution in [3.8, 4) is 0 Å². The molecule has 0 aliphatic heterocycles. The topological polar surface area (TPSA) is 136 Å². The Balaban J connectivity index is -0.000000245. The van der Waals surface area contributed by atoms with Gasteiger partial charge in [0.05, 0.1) is 0 Å². The summed E-state index contributed by atoms with van der Waals surface area (Å²) in [4.78, 5) is 9.48. The SMILES string of the molecule is N.O=C([O-])C(O)(O)CO.[Ti+4]. The summed E-state index contributed by atoms with van der Waals surface area (Å²) in [5.41, 5.74) is 0. The van der Waals surface area contributed by atoms with Gasteiger partial charge in [-0.25, -0.2) is 0 Å². The molecule has 0 spiro atoms. The summed E-state index contributed by atoms with van der Waals surface area (Å²) in [6.07, 6.45) is 0. The minimum Gasteiger partial charge on any atom is -0.544 e. The largest absolute Gasteiger partial charge is 4.00 e. The van der Waals surface area contributed by atoms with Crippen molar-refractivity contribution < 1.29 is 46.9 Å². The summed E-state index contributed by atoms with van der Waals surface area (Å²) in [5, 5.41) is 33.4. The number of aliphatic carboxylic acids is 1. The molecule has 0 aromatic carbocycles. The molecule has 10 heavy (non-hydrogen) atoms. The fraction of sp³-hybridized carbons (Fsp3) is 0.667. The number of carbonyl (C=O) groups is 1. The Morgan fingerprint density at radius 1 is 1.50 bits per heavy atom. The van der Waals surface area contributed by atoms with E-state index in [9.17, 15) is 9.90 Å². The summed E-state index contributed by atoms with van der Waals surface area (Å²) in [6.45, 7) is -1.27. The van der Waals surface area contributed by atoms with E-state index < -0.39 is 18.4 Å². The third-order valence-corrected chi connectivity index (χ3v) is 0.547. The van der Waals surface area contributed by atoms with E-state index in [1.807, 2.05) is 0 Å². The van der Waals surface area contributed by atoms with Gasteiger partial charge in [-0.1, -0.05) is 0 Å². The van der Waals surface area contributed by atoms with Crippen molar-refractivity contribution in [3.63, 3.8) is 0 Å². The van der Waals surface area contributed by atoms with Crippen LogP contribution >= 0.6 is 0 Å². The molecular weight excluding hydrogens is 178 g/mol. The molecule has 6 N–H and O–H groups in total. The number of carboxylic acids is 1. The molecule has 7 heteroatoms. The van der Waals surface area contributed by atoms with Gasteiger partial charge in [0.25, 0.3) is 0 Å². The third-order valence-electron chi connectivity index (χ3n) is 0.547. The van der Waals surface area contributed by atoms with Crippen molar-refractivity contribution in [2.24, 2.45) is 0 Å². The zero-order valence-corrected chi connectivity index (χ0v) is 6.63. The van der Waals surface area contributed by atoms with Crippen molar-refractivity contribution in [1.29, 1.82) is 0 Å².